The molecule has 0 fully saturated rings. The van der Waals surface area contributed by atoms with Gasteiger partial charge >= 0.3 is 0 Å². The first-order valence-corrected chi connectivity index (χ1v) is 6.51. The second-order valence-corrected chi connectivity index (χ2v) is 4.84. The van der Waals surface area contributed by atoms with Crippen molar-refractivity contribution in [1.82, 2.24) is 0 Å². The van der Waals surface area contributed by atoms with E-state index in [9.17, 15) is 0 Å². The minimum atomic E-state index is 0.548. The lowest BCUT2D eigenvalue weighted by Gasteiger charge is -2.09. The van der Waals surface area contributed by atoms with Gasteiger partial charge in [-0.2, -0.15) is 11.8 Å². The summed E-state index contributed by atoms with van der Waals surface area (Å²) in [5, 5.41) is 1.10. The number of hydrogen-bond donors (Lipinski definition) is 1. The molecule has 0 bridgehead atoms. The Hall–Kier alpha value is -0.0900. The van der Waals surface area contributed by atoms with Crippen LogP contribution in [0.4, 0.5) is 0 Å². The van der Waals surface area contributed by atoms with E-state index in [1.54, 1.807) is 30.0 Å². The van der Waals surface area contributed by atoms with Crippen molar-refractivity contribution in [2.24, 2.45) is 5.73 Å². The van der Waals surface area contributed by atoms with Gasteiger partial charge in [-0.3, -0.25) is 0 Å². The van der Waals surface area contributed by atoms with Crippen LogP contribution in [0.25, 0.3) is 0 Å². The van der Waals surface area contributed by atoms with Crippen molar-refractivity contribution in [3.8, 4) is 5.75 Å². The molecule has 0 aromatic heterocycles. The molecule has 15 heavy (non-hydrogen) atoms. The normalized spacial score (nSPS) is 10.3. The largest absolute Gasteiger partial charge is 0.490 e. The van der Waals surface area contributed by atoms with Crippen molar-refractivity contribution in [3.63, 3.8) is 0 Å². The summed E-state index contributed by atoms with van der Waals surface area (Å²) in [6.45, 7) is 1.28. The lowest BCUT2D eigenvalue weighted by molar-refractivity contribution is 0.344. The van der Waals surface area contributed by atoms with E-state index in [1.807, 2.05) is 0 Å². The summed E-state index contributed by atoms with van der Waals surface area (Å²) < 4.78 is 5.49. The predicted molar refractivity (Wildman–Crippen MR) is 68.3 cm³/mol. The SMILES string of the molecule is NCCSCCOc1c(Cl)cccc1Cl. The quantitative estimate of drug-likeness (QED) is 0.804. The molecular weight excluding hydrogens is 253 g/mol. The van der Waals surface area contributed by atoms with Crippen LogP contribution in [0.3, 0.4) is 0 Å². The fourth-order valence-corrected chi connectivity index (χ4v) is 2.09. The topological polar surface area (TPSA) is 35.2 Å². The molecule has 1 aromatic rings. The molecule has 84 valence electrons. The molecule has 0 amide bonds. The first-order valence-electron chi connectivity index (χ1n) is 4.60. The van der Waals surface area contributed by atoms with Crippen molar-refractivity contribution in [2.45, 2.75) is 0 Å². The Kier molecular flexibility index (Phi) is 6.25. The average Bonchev–Trinajstić information content (AvgIpc) is 2.21. The van der Waals surface area contributed by atoms with Crippen molar-refractivity contribution in [2.75, 3.05) is 24.7 Å². The third-order valence-electron chi connectivity index (χ3n) is 1.66. The molecular formula is C10H13Cl2NOS. The Morgan fingerprint density at radius 2 is 1.87 bits per heavy atom. The lowest BCUT2D eigenvalue weighted by atomic mass is 10.3. The van der Waals surface area contributed by atoms with Crippen LogP contribution in [0, 0.1) is 0 Å². The fourth-order valence-electron chi connectivity index (χ4n) is 1.01. The summed E-state index contributed by atoms with van der Waals surface area (Å²) in [6.07, 6.45) is 0. The van der Waals surface area contributed by atoms with E-state index in [2.05, 4.69) is 0 Å². The standard InChI is InChI=1S/C10H13Cl2NOS/c11-8-2-1-3-9(12)10(8)14-5-7-15-6-4-13/h1-3H,4-7,13H2. The van der Waals surface area contributed by atoms with Gasteiger partial charge in [-0.05, 0) is 12.1 Å². The van der Waals surface area contributed by atoms with Gasteiger partial charge in [0.05, 0.1) is 16.7 Å². The molecule has 0 saturated heterocycles. The highest BCUT2D eigenvalue weighted by atomic mass is 35.5. The number of ether oxygens (including phenoxy) is 1. The number of hydrogen-bond acceptors (Lipinski definition) is 3. The van der Waals surface area contributed by atoms with Crippen LogP contribution in [0.1, 0.15) is 0 Å². The van der Waals surface area contributed by atoms with Crippen molar-refractivity contribution >= 4 is 35.0 Å². The Morgan fingerprint density at radius 3 is 2.47 bits per heavy atom. The van der Waals surface area contributed by atoms with Crippen molar-refractivity contribution in [3.05, 3.63) is 28.2 Å². The van der Waals surface area contributed by atoms with Gasteiger partial charge in [0.15, 0.2) is 5.75 Å². The fraction of sp³-hybridized carbons (Fsp3) is 0.400. The maximum Gasteiger partial charge on any atom is 0.156 e. The van der Waals surface area contributed by atoms with Crippen LogP contribution < -0.4 is 10.5 Å². The summed E-state index contributed by atoms with van der Waals surface area (Å²) in [4.78, 5) is 0. The molecule has 0 atom stereocenters. The number of nitrogens with two attached hydrogens (primary N) is 1. The van der Waals surface area contributed by atoms with Crippen molar-refractivity contribution < 1.29 is 4.74 Å². The van der Waals surface area contributed by atoms with E-state index in [1.165, 1.54) is 0 Å². The molecule has 0 saturated carbocycles. The van der Waals surface area contributed by atoms with Crippen LogP contribution in [-0.2, 0) is 0 Å². The van der Waals surface area contributed by atoms with Gasteiger partial charge in [-0.25, -0.2) is 0 Å². The molecule has 1 aromatic carbocycles. The summed E-state index contributed by atoms with van der Waals surface area (Å²) in [5.74, 6) is 2.40. The maximum atomic E-state index is 5.93. The Bertz CT molecular complexity index is 289. The number of halogens is 2. The lowest BCUT2D eigenvalue weighted by Crippen LogP contribution is -2.06. The second kappa shape index (κ2) is 7.23. The molecule has 0 heterocycles. The maximum absolute atomic E-state index is 5.93. The third kappa shape index (κ3) is 4.51. The highest BCUT2D eigenvalue weighted by molar-refractivity contribution is 7.99. The number of rotatable bonds is 6. The minimum Gasteiger partial charge on any atom is -0.490 e. The first kappa shape index (κ1) is 13.0. The molecule has 0 aliphatic rings. The zero-order valence-electron chi connectivity index (χ0n) is 8.21. The van der Waals surface area contributed by atoms with E-state index in [0.29, 0.717) is 28.9 Å². The zero-order valence-corrected chi connectivity index (χ0v) is 10.5. The molecule has 5 heteroatoms. The molecule has 2 N–H and O–H groups in total. The number of para-hydroxylation sites is 1. The zero-order chi connectivity index (χ0) is 11.1. The highest BCUT2D eigenvalue weighted by Crippen LogP contribution is 2.32. The summed E-state index contributed by atoms with van der Waals surface area (Å²) in [6, 6.07) is 5.31. The summed E-state index contributed by atoms with van der Waals surface area (Å²) in [7, 11) is 0. The molecule has 0 aliphatic carbocycles. The van der Waals surface area contributed by atoms with Gasteiger partial charge in [0.25, 0.3) is 0 Å². The Morgan fingerprint density at radius 1 is 1.20 bits per heavy atom. The third-order valence-corrected chi connectivity index (χ3v) is 3.23. The first-order chi connectivity index (χ1) is 7.25. The van der Waals surface area contributed by atoms with Crippen LogP contribution >= 0.6 is 35.0 Å². The molecule has 2 nitrogen and oxygen atoms in total. The van der Waals surface area contributed by atoms with Crippen molar-refractivity contribution in [1.29, 1.82) is 0 Å². The van der Waals surface area contributed by atoms with Gasteiger partial charge in [-0.15, -0.1) is 0 Å². The van der Waals surface area contributed by atoms with Gasteiger partial charge in [-0.1, -0.05) is 29.3 Å². The van der Waals surface area contributed by atoms with Crippen LogP contribution in [0.2, 0.25) is 10.0 Å². The van der Waals surface area contributed by atoms with E-state index < -0.39 is 0 Å². The van der Waals surface area contributed by atoms with Gasteiger partial charge in [0, 0.05) is 18.1 Å². The van der Waals surface area contributed by atoms with Crippen LogP contribution in [0.5, 0.6) is 5.75 Å². The molecule has 0 unspecified atom stereocenters. The number of benzene rings is 1. The minimum absolute atomic E-state index is 0.548. The van der Waals surface area contributed by atoms with E-state index in [-0.39, 0.29) is 0 Å². The summed E-state index contributed by atoms with van der Waals surface area (Å²) >= 11 is 13.6. The van der Waals surface area contributed by atoms with E-state index >= 15 is 0 Å². The van der Waals surface area contributed by atoms with Crippen LogP contribution in [0.15, 0.2) is 18.2 Å². The average molecular weight is 266 g/mol. The molecule has 0 spiro atoms. The molecule has 0 aliphatic heterocycles. The Balaban J connectivity index is 2.37. The van der Waals surface area contributed by atoms with E-state index in [0.717, 1.165) is 11.5 Å². The summed E-state index contributed by atoms with van der Waals surface area (Å²) in [5.41, 5.74) is 5.37. The molecule has 1 rings (SSSR count). The molecule has 0 radical (unpaired) electrons. The van der Waals surface area contributed by atoms with E-state index in [4.69, 9.17) is 33.7 Å². The smallest absolute Gasteiger partial charge is 0.156 e. The number of thioether (sulfide) groups is 1. The second-order valence-electron chi connectivity index (χ2n) is 2.80. The van der Waals surface area contributed by atoms with Crippen LogP contribution in [-0.4, -0.2) is 24.7 Å². The monoisotopic (exact) mass is 265 g/mol. The van der Waals surface area contributed by atoms with Gasteiger partial charge in [0.1, 0.15) is 0 Å². The van der Waals surface area contributed by atoms with Gasteiger partial charge in [0.2, 0.25) is 0 Å². The van der Waals surface area contributed by atoms with Gasteiger partial charge < -0.3 is 10.5 Å². The highest BCUT2D eigenvalue weighted by Gasteiger charge is 2.05. The predicted octanol–water partition coefficient (Wildman–Crippen LogP) is 3.06. The Labute approximate surface area is 104 Å².